The van der Waals surface area contributed by atoms with Gasteiger partial charge in [-0.2, -0.15) is 5.10 Å². The fourth-order valence-corrected chi connectivity index (χ4v) is 2.95. The molecule has 136 valence electrons. The van der Waals surface area contributed by atoms with Gasteiger partial charge in [-0.1, -0.05) is 37.6 Å². The van der Waals surface area contributed by atoms with Crippen molar-refractivity contribution < 1.29 is 4.79 Å². The molecule has 2 heterocycles. The Morgan fingerprint density at radius 3 is 2.58 bits per heavy atom. The van der Waals surface area contributed by atoms with E-state index in [9.17, 15) is 4.79 Å². The standard InChI is InChI=1S/C19H22ClN5O/c1-3-24(4-2)12-11-21-19(26)15-7-5-14(6-8-15)16-13-22-18-10-9-17(20)23-25(16)18/h5-10,13H,3-4,11-12H2,1-2H3,(H,21,26). The number of nitrogens with one attached hydrogen (secondary N) is 1. The Morgan fingerprint density at radius 1 is 1.15 bits per heavy atom. The lowest BCUT2D eigenvalue weighted by molar-refractivity contribution is 0.0949. The Hall–Kier alpha value is -2.44. The summed E-state index contributed by atoms with van der Waals surface area (Å²) in [5.41, 5.74) is 3.11. The Morgan fingerprint density at radius 2 is 1.88 bits per heavy atom. The molecule has 0 fully saturated rings. The minimum absolute atomic E-state index is 0.0667. The SMILES string of the molecule is CCN(CC)CCNC(=O)c1ccc(-c2cnc3ccc(Cl)nn23)cc1. The van der Waals surface area contributed by atoms with Crippen LogP contribution in [-0.4, -0.2) is 51.6 Å². The smallest absolute Gasteiger partial charge is 0.251 e. The van der Waals surface area contributed by atoms with Crippen LogP contribution >= 0.6 is 11.6 Å². The van der Waals surface area contributed by atoms with E-state index in [1.165, 1.54) is 0 Å². The first kappa shape index (κ1) is 18.4. The van der Waals surface area contributed by atoms with E-state index in [2.05, 4.69) is 34.1 Å². The molecule has 0 spiro atoms. The molecular weight excluding hydrogens is 350 g/mol. The average molecular weight is 372 g/mol. The molecule has 0 saturated carbocycles. The number of carbonyl (C=O) groups excluding carboxylic acids is 1. The fraction of sp³-hybridized carbons (Fsp3) is 0.316. The predicted octanol–water partition coefficient (Wildman–Crippen LogP) is 3.12. The third-order valence-corrected chi connectivity index (χ3v) is 4.58. The van der Waals surface area contributed by atoms with Crippen molar-refractivity contribution in [3.63, 3.8) is 0 Å². The molecule has 0 aliphatic heterocycles. The highest BCUT2D eigenvalue weighted by Crippen LogP contribution is 2.21. The van der Waals surface area contributed by atoms with Crippen LogP contribution < -0.4 is 5.32 Å². The number of carbonyl (C=O) groups is 1. The molecule has 1 amide bonds. The van der Waals surface area contributed by atoms with Crippen molar-refractivity contribution in [3.05, 3.63) is 53.3 Å². The van der Waals surface area contributed by atoms with E-state index >= 15 is 0 Å². The van der Waals surface area contributed by atoms with E-state index in [0.29, 0.717) is 17.3 Å². The first-order valence-corrected chi connectivity index (χ1v) is 9.11. The third-order valence-electron chi connectivity index (χ3n) is 4.38. The molecule has 1 N–H and O–H groups in total. The summed E-state index contributed by atoms with van der Waals surface area (Å²) in [6, 6.07) is 10.9. The molecule has 3 aromatic rings. The number of fused-ring (bicyclic) bond motifs is 1. The number of likely N-dealkylation sites (N-methyl/N-ethyl adjacent to an activating group) is 1. The normalized spacial score (nSPS) is 11.2. The molecule has 1 aromatic carbocycles. The maximum absolute atomic E-state index is 12.3. The van der Waals surface area contributed by atoms with Gasteiger partial charge in [-0.15, -0.1) is 0 Å². The Kier molecular flexibility index (Phi) is 5.85. The van der Waals surface area contributed by atoms with Crippen molar-refractivity contribution in [2.45, 2.75) is 13.8 Å². The van der Waals surface area contributed by atoms with E-state index in [-0.39, 0.29) is 5.91 Å². The van der Waals surface area contributed by atoms with Gasteiger partial charge in [0, 0.05) is 24.2 Å². The highest BCUT2D eigenvalue weighted by Gasteiger charge is 2.10. The second-order valence-electron chi connectivity index (χ2n) is 5.93. The summed E-state index contributed by atoms with van der Waals surface area (Å²) in [6.45, 7) is 7.69. The van der Waals surface area contributed by atoms with Crippen LogP contribution in [0, 0.1) is 0 Å². The van der Waals surface area contributed by atoms with Crippen LogP contribution in [0.3, 0.4) is 0 Å². The van der Waals surface area contributed by atoms with Crippen LogP contribution in [0.25, 0.3) is 16.9 Å². The van der Waals surface area contributed by atoms with E-state index in [1.807, 2.05) is 30.3 Å². The number of halogens is 1. The van der Waals surface area contributed by atoms with Gasteiger partial charge in [0.15, 0.2) is 5.65 Å². The number of nitrogens with zero attached hydrogens (tertiary/aromatic N) is 4. The van der Waals surface area contributed by atoms with Crippen molar-refractivity contribution in [2.75, 3.05) is 26.2 Å². The summed E-state index contributed by atoms with van der Waals surface area (Å²) >= 11 is 5.98. The fourth-order valence-electron chi connectivity index (χ4n) is 2.81. The zero-order valence-electron chi connectivity index (χ0n) is 14.9. The zero-order chi connectivity index (χ0) is 18.5. The molecule has 0 atom stereocenters. The van der Waals surface area contributed by atoms with Gasteiger partial charge in [-0.25, -0.2) is 9.50 Å². The summed E-state index contributed by atoms with van der Waals surface area (Å²) in [6.07, 6.45) is 1.75. The molecule has 0 aliphatic carbocycles. The minimum Gasteiger partial charge on any atom is -0.351 e. The second-order valence-corrected chi connectivity index (χ2v) is 6.32. The van der Waals surface area contributed by atoms with Crippen molar-refractivity contribution in [3.8, 4) is 11.3 Å². The average Bonchev–Trinajstić information content (AvgIpc) is 3.08. The zero-order valence-corrected chi connectivity index (χ0v) is 15.7. The van der Waals surface area contributed by atoms with Gasteiger partial charge in [0.25, 0.3) is 5.91 Å². The number of amides is 1. The molecule has 3 rings (SSSR count). The van der Waals surface area contributed by atoms with E-state index in [1.54, 1.807) is 16.8 Å². The first-order chi connectivity index (χ1) is 12.6. The highest BCUT2D eigenvalue weighted by atomic mass is 35.5. The van der Waals surface area contributed by atoms with E-state index in [0.717, 1.165) is 36.5 Å². The minimum atomic E-state index is -0.0667. The summed E-state index contributed by atoms with van der Waals surface area (Å²) < 4.78 is 1.70. The molecular formula is C19H22ClN5O. The van der Waals surface area contributed by atoms with Crippen LogP contribution in [0.1, 0.15) is 24.2 Å². The summed E-state index contributed by atoms with van der Waals surface area (Å²) in [5.74, 6) is -0.0667. The van der Waals surface area contributed by atoms with Gasteiger partial charge >= 0.3 is 0 Å². The Labute approximate surface area is 157 Å². The number of aromatic nitrogens is 3. The van der Waals surface area contributed by atoms with Crippen molar-refractivity contribution >= 4 is 23.2 Å². The van der Waals surface area contributed by atoms with Crippen molar-refractivity contribution in [1.29, 1.82) is 0 Å². The Balaban J connectivity index is 1.70. The topological polar surface area (TPSA) is 62.5 Å². The van der Waals surface area contributed by atoms with Gasteiger partial charge < -0.3 is 10.2 Å². The van der Waals surface area contributed by atoms with E-state index < -0.39 is 0 Å². The molecule has 6 nitrogen and oxygen atoms in total. The number of hydrogen-bond donors (Lipinski definition) is 1. The lowest BCUT2D eigenvalue weighted by Crippen LogP contribution is -2.34. The molecule has 0 bridgehead atoms. The van der Waals surface area contributed by atoms with Crippen LogP contribution in [0.15, 0.2) is 42.6 Å². The van der Waals surface area contributed by atoms with Crippen LogP contribution in [0.2, 0.25) is 5.15 Å². The summed E-state index contributed by atoms with van der Waals surface area (Å²) in [5, 5.41) is 7.64. The number of imidazole rings is 1. The van der Waals surface area contributed by atoms with E-state index in [4.69, 9.17) is 11.6 Å². The molecule has 26 heavy (non-hydrogen) atoms. The highest BCUT2D eigenvalue weighted by molar-refractivity contribution is 6.29. The van der Waals surface area contributed by atoms with Crippen molar-refractivity contribution in [2.24, 2.45) is 0 Å². The van der Waals surface area contributed by atoms with Gasteiger partial charge in [0.2, 0.25) is 0 Å². The van der Waals surface area contributed by atoms with Crippen molar-refractivity contribution in [1.82, 2.24) is 24.8 Å². The van der Waals surface area contributed by atoms with Crippen LogP contribution in [-0.2, 0) is 0 Å². The maximum Gasteiger partial charge on any atom is 0.251 e. The lowest BCUT2D eigenvalue weighted by Gasteiger charge is -2.17. The first-order valence-electron chi connectivity index (χ1n) is 8.73. The van der Waals surface area contributed by atoms with Gasteiger partial charge in [-0.05, 0) is 37.4 Å². The molecule has 0 unspecified atom stereocenters. The maximum atomic E-state index is 12.3. The Bertz CT molecular complexity index is 887. The molecule has 7 heteroatoms. The molecule has 2 aromatic heterocycles. The second kappa shape index (κ2) is 8.29. The van der Waals surface area contributed by atoms with Crippen LogP contribution in [0.5, 0.6) is 0 Å². The third kappa shape index (κ3) is 4.03. The largest absolute Gasteiger partial charge is 0.351 e. The number of hydrogen-bond acceptors (Lipinski definition) is 4. The molecule has 0 saturated heterocycles. The molecule has 0 radical (unpaired) electrons. The quantitative estimate of drug-likeness (QED) is 0.693. The van der Waals surface area contributed by atoms with Gasteiger partial charge in [0.05, 0.1) is 11.9 Å². The number of rotatable bonds is 7. The molecule has 0 aliphatic rings. The monoisotopic (exact) mass is 371 g/mol. The van der Waals surface area contributed by atoms with Gasteiger partial charge in [0.1, 0.15) is 5.15 Å². The number of benzene rings is 1. The van der Waals surface area contributed by atoms with Crippen LogP contribution in [0.4, 0.5) is 0 Å². The summed E-state index contributed by atoms with van der Waals surface area (Å²) in [7, 11) is 0. The predicted molar refractivity (Wildman–Crippen MR) is 104 cm³/mol. The summed E-state index contributed by atoms with van der Waals surface area (Å²) in [4.78, 5) is 18.9. The lowest BCUT2D eigenvalue weighted by atomic mass is 10.1. The van der Waals surface area contributed by atoms with Gasteiger partial charge in [-0.3, -0.25) is 4.79 Å².